The Balaban J connectivity index is 1.74. The summed E-state index contributed by atoms with van der Waals surface area (Å²) in [5.41, 5.74) is 1.36. The van der Waals surface area contributed by atoms with Crippen LogP contribution in [0.1, 0.15) is 22.8 Å². The van der Waals surface area contributed by atoms with Gasteiger partial charge in [-0.1, -0.05) is 43.3 Å². The minimum Gasteiger partial charge on any atom is -0.489 e. The van der Waals surface area contributed by atoms with E-state index in [-0.39, 0.29) is 25.0 Å². The zero-order valence-electron chi connectivity index (χ0n) is 14.1. The number of carboxylic acid groups (broad SMARTS) is 1. The van der Waals surface area contributed by atoms with Crippen LogP contribution in [0.3, 0.4) is 0 Å². The van der Waals surface area contributed by atoms with Gasteiger partial charge in [0, 0.05) is 24.2 Å². The number of aliphatic carboxylic acids is 1. The molecule has 5 nitrogen and oxygen atoms in total. The van der Waals surface area contributed by atoms with Gasteiger partial charge in [0.15, 0.2) is 0 Å². The maximum absolute atomic E-state index is 12.9. The monoisotopic (exact) mass is 339 g/mol. The van der Waals surface area contributed by atoms with Crippen LogP contribution in [-0.4, -0.2) is 35.0 Å². The van der Waals surface area contributed by atoms with Crippen molar-refractivity contribution in [2.45, 2.75) is 13.5 Å². The van der Waals surface area contributed by atoms with Crippen LogP contribution in [0, 0.1) is 11.8 Å². The molecule has 1 aliphatic heterocycles. The topological polar surface area (TPSA) is 66.8 Å². The number of likely N-dealkylation sites (tertiary alicyclic amines) is 1. The van der Waals surface area contributed by atoms with E-state index in [1.54, 1.807) is 11.0 Å². The molecule has 0 bridgehead atoms. The zero-order chi connectivity index (χ0) is 17.8. The van der Waals surface area contributed by atoms with Crippen LogP contribution in [0.4, 0.5) is 0 Å². The third-order valence-corrected chi connectivity index (χ3v) is 4.60. The first kappa shape index (κ1) is 17.0. The molecule has 1 amide bonds. The summed E-state index contributed by atoms with van der Waals surface area (Å²) in [5.74, 6) is -0.789. The van der Waals surface area contributed by atoms with Gasteiger partial charge in [0.25, 0.3) is 5.91 Å². The molecule has 2 aromatic rings. The third-order valence-electron chi connectivity index (χ3n) is 4.60. The van der Waals surface area contributed by atoms with Crippen LogP contribution in [-0.2, 0) is 11.4 Å². The van der Waals surface area contributed by atoms with E-state index in [0.717, 1.165) is 11.3 Å². The van der Waals surface area contributed by atoms with Crippen molar-refractivity contribution in [2.75, 3.05) is 13.1 Å². The molecule has 5 heteroatoms. The molecule has 0 unspecified atom stereocenters. The van der Waals surface area contributed by atoms with E-state index in [0.29, 0.717) is 12.1 Å². The number of benzene rings is 2. The van der Waals surface area contributed by atoms with E-state index in [2.05, 4.69) is 0 Å². The average Bonchev–Trinajstić information content (AvgIpc) is 3.02. The highest BCUT2D eigenvalue weighted by Gasteiger charge is 2.37. The largest absolute Gasteiger partial charge is 0.489 e. The van der Waals surface area contributed by atoms with Crippen molar-refractivity contribution in [1.82, 2.24) is 4.90 Å². The highest BCUT2D eigenvalue weighted by Crippen LogP contribution is 2.26. The second kappa shape index (κ2) is 7.38. The molecular weight excluding hydrogens is 318 g/mol. The number of carboxylic acids is 1. The maximum Gasteiger partial charge on any atom is 0.308 e. The van der Waals surface area contributed by atoms with Gasteiger partial charge in [-0.25, -0.2) is 0 Å². The number of carbonyl (C=O) groups is 2. The van der Waals surface area contributed by atoms with Crippen molar-refractivity contribution in [3.05, 3.63) is 65.7 Å². The van der Waals surface area contributed by atoms with Gasteiger partial charge >= 0.3 is 5.97 Å². The van der Waals surface area contributed by atoms with Crippen molar-refractivity contribution in [3.63, 3.8) is 0 Å². The lowest BCUT2D eigenvalue weighted by Gasteiger charge is -2.18. The minimum atomic E-state index is -0.844. The standard InChI is InChI=1S/C20H21NO4/c1-14-11-21(12-18(14)20(23)24)19(22)17-10-6-5-7-15(17)13-25-16-8-3-2-4-9-16/h2-10,14,18H,11-13H2,1H3,(H,23,24)/t14-,18-/m1/s1. The number of rotatable bonds is 5. The van der Waals surface area contributed by atoms with Gasteiger partial charge in [-0.15, -0.1) is 0 Å². The van der Waals surface area contributed by atoms with Crippen LogP contribution < -0.4 is 4.74 Å². The Morgan fingerprint density at radius 1 is 1.08 bits per heavy atom. The van der Waals surface area contributed by atoms with E-state index in [4.69, 9.17) is 4.74 Å². The van der Waals surface area contributed by atoms with Crippen LogP contribution in [0.2, 0.25) is 0 Å². The summed E-state index contributed by atoms with van der Waals surface area (Å²) < 4.78 is 5.76. The highest BCUT2D eigenvalue weighted by atomic mass is 16.5. The molecule has 1 saturated heterocycles. The summed E-state index contributed by atoms with van der Waals surface area (Å²) in [4.78, 5) is 25.8. The third kappa shape index (κ3) is 3.82. The Bertz CT molecular complexity index is 759. The first-order valence-electron chi connectivity index (χ1n) is 8.34. The molecule has 3 rings (SSSR count). The van der Waals surface area contributed by atoms with Gasteiger partial charge in [-0.2, -0.15) is 0 Å². The van der Waals surface area contributed by atoms with Gasteiger partial charge in [0.2, 0.25) is 0 Å². The summed E-state index contributed by atoms with van der Waals surface area (Å²) in [5, 5.41) is 9.26. The number of hydrogen-bond donors (Lipinski definition) is 1. The van der Waals surface area contributed by atoms with Crippen LogP contribution in [0.5, 0.6) is 5.75 Å². The van der Waals surface area contributed by atoms with Crippen molar-refractivity contribution in [3.8, 4) is 5.75 Å². The quantitative estimate of drug-likeness (QED) is 0.909. The second-order valence-electron chi connectivity index (χ2n) is 6.39. The zero-order valence-corrected chi connectivity index (χ0v) is 14.1. The van der Waals surface area contributed by atoms with E-state index in [1.807, 2.05) is 55.5 Å². The molecule has 1 heterocycles. The first-order valence-corrected chi connectivity index (χ1v) is 8.34. The van der Waals surface area contributed by atoms with Gasteiger partial charge in [-0.05, 0) is 24.1 Å². The highest BCUT2D eigenvalue weighted by molar-refractivity contribution is 5.96. The van der Waals surface area contributed by atoms with Crippen molar-refractivity contribution < 1.29 is 19.4 Å². The fourth-order valence-corrected chi connectivity index (χ4v) is 3.16. The molecule has 130 valence electrons. The number of para-hydroxylation sites is 1. The van der Waals surface area contributed by atoms with E-state index in [1.165, 1.54) is 0 Å². The molecule has 1 aliphatic rings. The summed E-state index contributed by atoms with van der Waals surface area (Å²) in [6, 6.07) is 16.7. The molecule has 0 spiro atoms. The van der Waals surface area contributed by atoms with Gasteiger partial charge in [-0.3, -0.25) is 9.59 Å². The summed E-state index contributed by atoms with van der Waals surface area (Å²) in [6.07, 6.45) is 0. The molecule has 25 heavy (non-hydrogen) atoms. The number of hydrogen-bond acceptors (Lipinski definition) is 3. The van der Waals surface area contributed by atoms with Gasteiger partial charge < -0.3 is 14.7 Å². The summed E-state index contributed by atoms with van der Waals surface area (Å²) >= 11 is 0. The Morgan fingerprint density at radius 2 is 1.76 bits per heavy atom. The lowest BCUT2D eigenvalue weighted by Crippen LogP contribution is -2.30. The lowest BCUT2D eigenvalue weighted by atomic mass is 9.99. The maximum atomic E-state index is 12.9. The Kier molecular flexibility index (Phi) is 5.03. The number of amides is 1. The molecule has 0 saturated carbocycles. The van der Waals surface area contributed by atoms with E-state index in [9.17, 15) is 14.7 Å². The predicted molar refractivity (Wildman–Crippen MR) is 93.4 cm³/mol. The molecule has 1 fully saturated rings. The lowest BCUT2D eigenvalue weighted by molar-refractivity contribution is -0.142. The number of ether oxygens (including phenoxy) is 1. The van der Waals surface area contributed by atoms with Gasteiger partial charge in [0.1, 0.15) is 12.4 Å². The fraction of sp³-hybridized carbons (Fsp3) is 0.300. The van der Waals surface area contributed by atoms with E-state index >= 15 is 0 Å². The second-order valence-corrected chi connectivity index (χ2v) is 6.39. The van der Waals surface area contributed by atoms with Crippen LogP contribution >= 0.6 is 0 Å². The Morgan fingerprint density at radius 3 is 2.44 bits per heavy atom. The molecule has 2 aromatic carbocycles. The van der Waals surface area contributed by atoms with Gasteiger partial charge in [0.05, 0.1) is 5.92 Å². The Hall–Kier alpha value is -2.82. The molecule has 0 aromatic heterocycles. The minimum absolute atomic E-state index is 0.0471. The smallest absolute Gasteiger partial charge is 0.308 e. The van der Waals surface area contributed by atoms with Crippen molar-refractivity contribution >= 4 is 11.9 Å². The number of nitrogens with zero attached hydrogens (tertiary/aromatic N) is 1. The van der Waals surface area contributed by atoms with Crippen LogP contribution in [0.25, 0.3) is 0 Å². The average molecular weight is 339 g/mol. The summed E-state index contributed by atoms with van der Waals surface area (Å²) in [7, 11) is 0. The van der Waals surface area contributed by atoms with Crippen LogP contribution in [0.15, 0.2) is 54.6 Å². The molecular formula is C20H21NO4. The molecule has 0 radical (unpaired) electrons. The summed E-state index contributed by atoms with van der Waals surface area (Å²) in [6.45, 7) is 2.88. The normalized spacial score (nSPS) is 19.6. The molecule has 2 atom stereocenters. The van der Waals surface area contributed by atoms with Crippen molar-refractivity contribution in [1.29, 1.82) is 0 Å². The fourth-order valence-electron chi connectivity index (χ4n) is 3.16. The number of carbonyl (C=O) groups excluding carboxylic acids is 1. The van der Waals surface area contributed by atoms with E-state index < -0.39 is 11.9 Å². The molecule has 1 N–H and O–H groups in total. The Labute approximate surface area is 146 Å². The molecule has 0 aliphatic carbocycles. The van der Waals surface area contributed by atoms with Crippen molar-refractivity contribution in [2.24, 2.45) is 11.8 Å². The predicted octanol–water partition coefficient (Wildman–Crippen LogP) is 3.06. The SMILES string of the molecule is C[C@@H]1CN(C(=O)c2ccccc2COc2ccccc2)C[C@H]1C(=O)O. The first-order chi connectivity index (χ1) is 12.1.